The molecule has 0 bridgehead atoms. The van der Waals surface area contributed by atoms with Crippen LogP contribution in [0, 0.1) is 0 Å². The Labute approximate surface area is 663 Å². The number of carbonyl (C=O) groups is 3. The number of allylic oxidation sites excluding steroid dienone is 20. The van der Waals surface area contributed by atoms with Gasteiger partial charge in [-0.25, -0.2) is 0 Å². The van der Waals surface area contributed by atoms with Crippen LogP contribution in [0.1, 0.15) is 425 Å². The summed E-state index contributed by atoms with van der Waals surface area (Å²) in [5.41, 5.74) is 0. The summed E-state index contributed by atoms with van der Waals surface area (Å²) in [6, 6.07) is 0. The Balaban J connectivity index is 3.90. The van der Waals surface area contributed by atoms with Gasteiger partial charge in [0.1, 0.15) is 13.2 Å². The SMILES string of the molecule is CC/C=C\C/C=C\C/C=C\C/C=C\C/C=C\CCCCCCCCCCCCCCCCCCCCCCCCCCCC(=O)OCC(COC(OCC[N+](C)(C)C)C(=O)[O-])OC(=O)CCCCCCCCCCCCCCCCCCCCCCCCCCC/C=C\C/C=C\C/C=C\C/C=C\C/C=C\CC. The van der Waals surface area contributed by atoms with Gasteiger partial charge in [0.2, 0.25) is 0 Å². The molecule has 0 aromatic rings. The molecule has 0 N–H and O–H groups in total. The number of carboxylic acid groups (broad SMARTS) is 1. The summed E-state index contributed by atoms with van der Waals surface area (Å²) < 4.78 is 22.9. The van der Waals surface area contributed by atoms with Crippen LogP contribution in [0.4, 0.5) is 0 Å². The van der Waals surface area contributed by atoms with Crippen molar-refractivity contribution in [1.29, 1.82) is 0 Å². The van der Waals surface area contributed by atoms with Crippen molar-refractivity contribution in [1.82, 2.24) is 0 Å². The minimum absolute atomic E-state index is 0.148. The number of esters is 2. The van der Waals surface area contributed by atoms with Gasteiger partial charge in [-0.1, -0.05) is 431 Å². The number of aliphatic carboxylic acids is 1. The second-order valence-corrected chi connectivity index (χ2v) is 31.8. The average Bonchev–Trinajstić information content (AvgIpc) is 0.928. The molecule has 0 saturated heterocycles. The first-order chi connectivity index (χ1) is 52.6. The molecule has 9 heteroatoms. The molecule has 0 fully saturated rings. The van der Waals surface area contributed by atoms with Crippen molar-refractivity contribution >= 4 is 17.9 Å². The first-order valence-corrected chi connectivity index (χ1v) is 45.7. The Bertz CT molecular complexity index is 2190. The molecule has 0 aliphatic carbocycles. The molecule has 0 aromatic carbocycles. The summed E-state index contributed by atoms with van der Waals surface area (Å²) >= 11 is 0. The van der Waals surface area contributed by atoms with E-state index in [0.717, 1.165) is 96.3 Å². The van der Waals surface area contributed by atoms with E-state index in [0.29, 0.717) is 23.9 Å². The largest absolute Gasteiger partial charge is 0.545 e. The fraction of sp³-hybridized carbons (Fsp3) is 0.765. The van der Waals surface area contributed by atoms with E-state index in [1.54, 1.807) is 0 Å². The average molecular weight is 1490 g/mol. The highest BCUT2D eigenvalue weighted by Gasteiger charge is 2.22. The highest BCUT2D eigenvalue weighted by molar-refractivity contribution is 5.70. The Morgan fingerprint density at radius 2 is 0.505 bits per heavy atom. The minimum atomic E-state index is -1.62. The van der Waals surface area contributed by atoms with Crippen LogP contribution in [0.3, 0.4) is 0 Å². The molecule has 0 aromatic heterocycles. The lowest BCUT2D eigenvalue weighted by Crippen LogP contribution is -2.44. The van der Waals surface area contributed by atoms with E-state index in [1.165, 1.54) is 295 Å². The molecule has 0 aliphatic heterocycles. The molecule has 0 heterocycles. The highest BCUT2D eigenvalue weighted by Crippen LogP contribution is 2.20. The summed E-state index contributed by atoms with van der Waals surface area (Å²) in [7, 11) is 5.95. The smallest absolute Gasteiger partial charge is 0.306 e. The first-order valence-electron chi connectivity index (χ1n) is 45.7. The third-order valence-electron chi connectivity index (χ3n) is 20.2. The number of likely N-dealkylation sites (N-methyl/N-ethyl adjacent to an activating group) is 1. The fourth-order valence-corrected chi connectivity index (χ4v) is 13.4. The Hall–Kier alpha value is -4.31. The Kier molecular flexibility index (Phi) is 83.8. The minimum Gasteiger partial charge on any atom is -0.545 e. The van der Waals surface area contributed by atoms with E-state index in [4.69, 9.17) is 18.9 Å². The molecule has 9 nitrogen and oxygen atoms in total. The lowest BCUT2D eigenvalue weighted by atomic mass is 10.0. The highest BCUT2D eigenvalue weighted by atomic mass is 16.7. The number of hydrogen-bond donors (Lipinski definition) is 0. The molecule has 0 spiro atoms. The van der Waals surface area contributed by atoms with Gasteiger partial charge in [-0.2, -0.15) is 0 Å². The zero-order valence-electron chi connectivity index (χ0n) is 71.0. The maximum absolute atomic E-state index is 13.0. The number of ether oxygens (including phenoxy) is 4. The van der Waals surface area contributed by atoms with Crippen LogP contribution < -0.4 is 5.11 Å². The van der Waals surface area contributed by atoms with Crippen molar-refractivity contribution in [2.45, 2.75) is 437 Å². The van der Waals surface area contributed by atoms with Crippen LogP contribution in [0.15, 0.2) is 122 Å². The number of carboxylic acids is 1. The van der Waals surface area contributed by atoms with Crippen molar-refractivity contribution in [2.24, 2.45) is 0 Å². The van der Waals surface area contributed by atoms with Gasteiger partial charge < -0.3 is 33.3 Å². The van der Waals surface area contributed by atoms with E-state index >= 15 is 0 Å². The molecule has 0 radical (unpaired) electrons. The molecule has 2 atom stereocenters. The number of rotatable bonds is 85. The second-order valence-electron chi connectivity index (χ2n) is 31.8. The summed E-state index contributed by atoms with van der Waals surface area (Å²) in [6.45, 7) is 4.58. The van der Waals surface area contributed by atoms with Crippen molar-refractivity contribution in [2.75, 3.05) is 47.5 Å². The van der Waals surface area contributed by atoms with Gasteiger partial charge in [0.05, 0.1) is 40.3 Å². The van der Waals surface area contributed by atoms with Gasteiger partial charge >= 0.3 is 11.9 Å². The maximum atomic E-state index is 13.0. The standard InChI is InChI=1S/C98H173NO8/c1-6-8-10-12-14-16-18-20-22-24-26-28-30-32-34-36-38-40-42-44-46-48-50-52-54-56-58-60-62-64-66-68-70-72-74-76-78-80-82-84-86-88-95(100)105-92-94(93-106-98(97(102)103)104-91-90-99(3,4)5)107-96(101)89-87-85-83-81-79-77-75-73-71-69-67-65-63-61-59-57-55-53-51-49-47-45-43-41-39-37-35-33-31-29-27-25-23-21-19-17-15-13-11-9-7-2/h8-11,14-17,20-23,26-29,32-35,94,98H,6-7,12-13,18-19,24-25,30-31,36-93H2,1-5H3/b10-8-,11-9-,16-14-,17-15-,22-20-,23-21-,28-26-,29-27-,34-32-,35-33-. The zero-order valence-corrected chi connectivity index (χ0v) is 71.0. The number of hydrogen-bond acceptors (Lipinski definition) is 8. The van der Waals surface area contributed by atoms with E-state index in [9.17, 15) is 19.5 Å². The predicted molar refractivity (Wildman–Crippen MR) is 463 cm³/mol. The van der Waals surface area contributed by atoms with Crippen molar-refractivity contribution < 1.29 is 42.9 Å². The molecule has 618 valence electrons. The number of nitrogens with zero attached hydrogens (tertiary/aromatic N) is 1. The normalized spacial score (nSPS) is 13.2. The molecular weight excluding hydrogens is 1320 g/mol. The summed E-state index contributed by atoms with van der Waals surface area (Å²) in [5.74, 6) is -2.25. The van der Waals surface area contributed by atoms with Crippen molar-refractivity contribution in [3.63, 3.8) is 0 Å². The van der Waals surface area contributed by atoms with Crippen molar-refractivity contribution in [3.8, 4) is 0 Å². The molecule has 0 aliphatic rings. The number of carbonyl (C=O) groups excluding carboxylic acids is 3. The van der Waals surface area contributed by atoms with Crippen LogP contribution in [-0.2, 0) is 33.3 Å². The van der Waals surface area contributed by atoms with Crippen LogP contribution >= 0.6 is 0 Å². The van der Waals surface area contributed by atoms with Crippen LogP contribution in [-0.4, -0.2) is 82.3 Å². The van der Waals surface area contributed by atoms with E-state index in [1.807, 2.05) is 21.1 Å². The Morgan fingerprint density at radius 1 is 0.280 bits per heavy atom. The lowest BCUT2D eigenvalue weighted by molar-refractivity contribution is -0.870. The van der Waals surface area contributed by atoms with Gasteiger partial charge in [0.25, 0.3) is 0 Å². The molecule has 2 unspecified atom stereocenters. The quantitative estimate of drug-likeness (QED) is 0.0195. The van der Waals surface area contributed by atoms with Crippen LogP contribution in [0.25, 0.3) is 0 Å². The molecule has 0 amide bonds. The molecule has 107 heavy (non-hydrogen) atoms. The van der Waals surface area contributed by atoms with Gasteiger partial charge in [-0.3, -0.25) is 9.59 Å². The van der Waals surface area contributed by atoms with Crippen molar-refractivity contribution in [3.05, 3.63) is 122 Å². The van der Waals surface area contributed by atoms with Crippen LogP contribution in [0.2, 0.25) is 0 Å². The van der Waals surface area contributed by atoms with Crippen LogP contribution in [0.5, 0.6) is 0 Å². The van der Waals surface area contributed by atoms with Gasteiger partial charge in [-0.05, 0) is 103 Å². The summed E-state index contributed by atoms with van der Waals surface area (Å²) in [5, 5.41) is 11.9. The summed E-state index contributed by atoms with van der Waals surface area (Å²) in [4.78, 5) is 37.7. The third-order valence-corrected chi connectivity index (χ3v) is 20.2. The molecule has 0 saturated carbocycles. The maximum Gasteiger partial charge on any atom is 0.306 e. The van der Waals surface area contributed by atoms with E-state index in [-0.39, 0.29) is 32.2 Å². The predicted octanol–water partition coefficient (Wildman–Crippen LogP) is 28.8. The van der Waals surface area contributed by atoms with Gasteiger partial charge in [-0.15, -0.1) is 0 Å². The fourth-order valence-electron chi connectivity index (χ4n) is 13.4. The second kappa shape index (κ2) is 87.3. The topological polar surface area (TPSA) is 111 Å². The Morgan fingerprint density at radius 3 is 0.748 bits per heavy atom. The van der Waals surface area contributed by atoms with Gasteiger partial charge in [0.15, 0.2) is 12.4 Å². The monoisotopic (exact) mass is 1490 g/mol. The number of unbranched alkanes of at least 4 members (excludes halogenated alkanes) is 50. The molecule has 0 rings (SSSR count). The summed E-state index contributed by atoms with van der Waals surface area (Å²) in [6.07, 6.45) is 122. The number of quaternary nitrogens is 1. The first kappa shape index (κ1) is 103. The van der Waals surface area contributed by atoms with Gasteiger partial charge in [0, 0.05) is 12.8 Å². The van der Waals surface area contributed by atoms with E-state index < -0.39 is 24.3 Å². The van der Waals surface area contributed by atoms with E-state index in [2.05, 4.69) is 135 Å². The lowest BCUT2D eigenvalue weighted by Gasteiger charge is -2.26. The zero-order chi connectivity index (χ0) is 77.4. The molecular formula is C98H173NO8. The third kappa shape index (κ3) is 88.8.